The second-order valence-corrected chi connectivity index (χ2v) is 6.84. The van der Waals surface area contributed by atoms with Crippen molar-refractivity contribution < 1.29 is 18.0 Å². The van der Waals surface area contributed by atoms with Gasteiger partial charge >= 0.3 is 6.18 Å². The molecule has 3 rings (SSSR count). The Balaban J connectivity index is 1.73. The summed E-state index contributed by atoms with van der Waals surface area (Å²) in [5, 5.41) is 3.09. The van der Waals surface area contributed by atoms with Crippen LogP contribution in [-0.2, 0) is 5.41 Å². The Morgan fingerprint density at radius 3 is 2.70 bits per heavy atom. The number of aryl methyl sites for hydroxylation is 1. The lowest BCUT2D eigenvalue weighted by molar-refractivity contribution is -0.0696. The highest BCUT2D eigenvalue weighted by molar-refractivity contribution is 6.31. The molecule has 2 aromatic rings. The first-order chi connectivity index (χ1) is 12.7. The maximum Gasteiger partial charge on any atom is 0.458 e. The van der Waals surface area contributed by atoms with Crippen molar-refractivity contribution in [2.75, 3.05) is 6.54 Å². The van der Waals surface area contributed by atoms with Crippen LogP contribution in [0.15, 0.2) is 30.6 Å². The van der Waals surface area contributed by atoms with E-state index in [0.717, 1.165) is 18.4 Å². The van der Waals surface area contributed by atoms with Crippen molar-refractivity contribution in [3.63, 3.8) is 0 Å². The van der Waals surface area contributed by atoms with Gasteiger partial charge in [0.2, 0.25) is 0 Å². The van der Waals surface area contributed by atoms with E-state index in [4.69, 9.17) is 11.6 Å². The number of pyridine rings is 2. The third kappa shape index (κ3) is 4.58. The van der Waals surface area contributed by atoms with Gasteiger partial charge < -0.3 is 5.32 Å². The molecule has 1 N–H and O–H groups in total. The summed E-state index contributed by atoms with van der Waals surface area (Å²) < 4.78 is 36.6. The number of nitrogens with zero attached hydrogens (tertiary/aromatic N) is 2. The van der Waals surface area contributed by atoms with Gasteiger partial charge in [-0.15, -0.1) is 0 Å². The highest BCUT2D eigenvalue weighted by Gasteiger charge is 2.47. The molecular formula is C19H15ClF3N3O. The number of nitrogens with one attached hydrogen (secondary N) is 1. The maximum atomic E-state index is 12.3. The maximum absolute atomic E-state index is 12.3. The molecule has 1 fully saturated rings. The van der Waals surface area contributed by atoms with Crippen molar-refractivity contribution in [3.8, 4) is 11.8 Å². The number of halogens is 4. The van der Waals surface area contributed by atoms with Crippen LogP contribution >= 0.6 is 11.6 Å². The molecule has 1 aliphatic carbocycles. The van der Waals surface area contributed by atoms with Crippen molar-refractivity contribution in [1.82, 2.24) is 15.3 Å². The third-order valence-electron chi connectivity index (χ3n) is 4.36. The summed E-state index contributed by atoms with van der Waals surface area (Å²) in [5.74, 6) is 2.90. The SMILES string of the molecule is Cc1cccnc1C(=O)NCC1(c2ncc(C#CC(F)(F)F)cc2Cl)CC1. The summed E-state index contributed by atoms with van der Waals surface area (Å²) in [5.41, 5.74) is 1.35. The zero-order chi connectivity index (χ0) is 19.7. The van der Waals surface area contributed by atoms with Crippen molar-refractivity contribution >= 4 is 17.5 Å². The molecule has 1 aliphatic rings. The van der Waals surface area contributed by atoms with Gasteiger partial charge in [0.15, 0.2) is 0 Å². The molecule has 1 saturated carbocycles. The third-order valence-corrected chi connectivity index (χ3v) is 4.65. The lowest BCUT2D eigenvalue weighted by atomic mass is 10.0. The van der Waals surface area contributed by atoms with Crippen LogP contribution in [0.3, 0.4) is 0 Å². The number of hydrogen-bond acceptors (Lipinski definition) is 3. The average molecular weight is 394 g/mol. The first-order valence-corrected chi connectivity index (χ1v) is 8.54. The van der Waals surface area contributed by atoms with E-state index in [-0.39, 0.29) is 16.5 Å². The van der Waals surface area contributed by atoms with Crippen LogP contribution < -0.4 is 5.32 Å². The van der Waals surface area contributed by atoms with Gasteiger partial charge in [0.1, 0.15) is 5.69 Å². The predicted molar refractivity (Wildman–Crippen MR) is 94.4 cm³/mol. The quantitative estimate of drug-likeness (QED) is 0.803. The molecule has 1 amide bonds. The molecule has 8 heteroatoms. The largest absolute Gasteiger partial charge is 0.458 e. The van der Waals surface area contributed by atoms with Gasteiger partial charge in [-0.3, -0.25) is 14.8 Å². The van der Waals surface area contributed by atoms with E-state index < -0.39 is 11.6 Å². The summed E-state index contributed by atoms with van der Waals surface area (Å²) in [6, 6.07) is 4.92. The van der Waals surface area contributed by atoms with Gasteiger partial charge in [-0.25, -0.2) is 0 Å². The van der Waals surface area contributed by atoms with Crippen LogP contribution in [0.1, 0.15) is 40.2 Å². The number of carbonyl (C=O) groups is 1. The lowest BCUT2D eigenvalue weighted by Crippen LogP contribution is -2.33. The highest BCUT2D eigenvalue weighted by Crippen LogP contribution is 2.49. The fraction of sp³-hybridized carbons (Fsp3) is 0.316. The molecule has 0 radical (unpaired) electrons. The minimum absolute atomic E-state index is 0.0880. The van der Waals surface area contributed by atoms with Gasteiger partial charge in [-0.05, 0) is 37.5 Å². The summed E-state index contributed by atoms with van der Waals surface area (Å²) >= 11 is 6.22. The molecule has 2 aromatic heterocycles. The average Bonchev–Trinajstić information content (AvgIpc) is 3.39. The predicted octanol–water partition coefficient (Wildman–Crippen LogP) is 3.81. The van der Waals surface area contributed by atoms with E-state index in [1.165, 1.54) is 18.2 Å². The number of alkyl halides is 3. The molecular weight excluding hydrogens is 379 g/mol. The Morgan fingerprint density at radius 1 is 1.37 bits per heavy atom. The fourth-order valence-electron chi connectivity index (χ4n) is 2.74. The van der Waals surface area contributed by atoms with Crippen LogP contribution in [0.5, 0.6) is 0 Å². The van der Waals surface area contributed by atoms with Gasteiger partial charge in [0.05, 0.1) is 10.7 Å². The van der Waals surface area contributed by atoms with Gasteiger partial charge in [-0.2, -0.15) is 13.2 Å². The molecule has 0 unspecified atom stereocenters. The Morgan fingerprint density at radius 2 is 2.11 bits per heavy atom. The highest BCUT2D eigenvalue weighted by atomic mass is 35.5. The molecule has 140 valence electrons. The van der Waals surface area contributed by atoms with E-state index in [2.05, 4.69) is 15.3 Å². The molecule has 0 spiro atoms. The van der Waals surface area contributed by atoms with Crippen LogP contribution in [0.4, 0.5) is 13.2 Å². The number of rotatable bonds is 4. The van der Waals surface area contributed by atoms with Crippen LogP contribution in [0, 0.1) is 18.8 Å². The van der Waals surface area contributed by atoms with Crippen LogP contribution in [-0.4, -0.2) is 28.6 Å². The molecule has 4 nitrogen and oxygen atoms in total. The normalized spacial score (nSPS) is 14.9. The first kappa shape index (κ1) is 19.2. The van der Waals surface area contributed by atoms with E-state index in [9.17, 15) is 18.0 Å². The van der Waals surface area contributed by atoms with Crippen molar-refractivity contribution in [1.29, 1.82) is 0 Å². The van der Waals surface area contributed by atoms with E-state index in [1.807, 2.05) is 5.92 Å². The van der Waals surface area contributed by atoms with E-state index in [0.29, 0.717) is 17.9 Å². The zero-order valence-corrected chi connectivity index (χ0v) is 15.1. The second kappa shape index (κ2) is 7.20. The Hall–Kier alpha value is -2.59. The van der Waals surface area contributed by atoms with Crippen molar-refractivity contribution in [2.45, 2.75) is 31.4 Å². The van der Waals surface area contributed by atoms with E-state index in [1.54, 1.807) is 25.3 Å². The van der Waals surface area contributed by atoms with Crippen LogP contribution in [0.2, 0.25) is 5.02 Å². The Labute approximate surface area is 159 Å². The number of hydrogen-bond donors (Lipinski definition) is 1. The topological polar surface area (TPSA) is 54.9 Å². The molecule has 0 atom stereocenters. The van der Waals surface area contributed by atoms with Crippen molar-refractivity contribution in [2.24, 2.45) is 0 Å². The second-order valence-electron chi connectivity index (χ2n) is 6.43. The minimum atomic E-state index is -4.57. The Kier molecular flexibility index (Phi) is 5.11. The number of aromatic nitrogens is 2. The number of carbonyl (C=O) groups excluding carboxylic acids is 1. The smallest absolute Gasteiger partial charge is 0.350 e. The molecule has 0 aliphatic heterocycles. The monoisotopic (exact) mass is 393 g/mol. The van der Waals surface area contributed by atoms with E-state index >= 15 is 0 Å². The molecule has 0 saturated heterocycles. The van der Waals surface area contributed by atoms with Crippen LogP contribution in [0.25, 0.3) is 0 Å². The van der Waals surface area contributed by atoms with Gasteiger partial charge in [0.25, 0.3) is 5.91 Å². The molecule has 0 aromatic carbocycles. The zero-order valence-electron chi connectivity index (χ0n) is 14.3. The lowest BCUT2D eigenvalue weighted by Gasteiger charge is -2.17. The minimum Gasteiger partial charge on any atom is -0.350 e. The number of amides is 1. The standard InChI is InChI=1S/C19H15ClF3N3O/c1-12-3-2-8-24-15(12)17(27)26-11-18(6-7-18)16-14(20)9-13(10-25-16)4-5-19(21,22)23/h2-3,8-10H,6-7,11H2,1H3,(H,26,27). The summed E-state index contributed by atoms with van der Waals surface area (Å²) in [7, 11) is 0. The molecule has 27 heavy (non-hydrogen) atoms. The van der Waals surface area contributed by atoms with Gasteiger partial charge in [0, 0.05) is 35.8 Å². The first-order valence-electron chi connectivity index (χ1n) is 8.16. The molecule has 0 bridgehead atoms. The summed E-state index contributed by atoms with van der Waals surface area (Å²) in [6.45, 7) is 2.12. The van der Waals surface area contributed by atoms with Gasteiger partial charge in [-0.1, -0.05) is 23.6 Å². The summed E-state index contributed by atoms with van der Waals surface area (Å²) in [6.07, 6.45) is -0.209. The van der Waals surface area contributed by atoms with Crippen molar-refractivity contribution in [3.05, 3.63) is 58.1 Å². The fourth-order valence-corrected chi connectivity index (χ4v) is 3.11. The Bertz CT molecular complexity index is 943. The summed E-state index contributed by atoms with van der Waals surface area (Å²) in [4.78, 5) is 20.6. The molecule has 2 heterocycles.